The smallest absolute Gasteiger partial charge is 0.372 e. The first-order valence-electron chi connectivity index (χ1n) is 11.4. The molecule has 0 aliphatic carbocycles. The van der Waals surface area contributed by atoms with E-state index in [1.165, 1.54) is 12.3 Å². The first-order chi connectivity index (χ1) is 16.8. The van der Waals surface area contributed by atoms with Gasteiger partial charge in [-0.3, -0.25) is 4.79 Å². The summed E-state index contributed by atoms with van der Waals surface area (Å²) in [6.45, 7) is 12.5. The van der Waals surface area contributed by atoms with E-state index >= 15 is 0 Å². The highest BCUT2D eigenvalue weighted by molar-refractivity contribution is 5.85. The van der Waals surface area contributed by atoms with Crippen molar-refractivity contribution >= 4 is 22.7 Å². The van der Waals surface area contributed by atoms with Gasteiger partial charge in [0, 0.05) is 31.8 Å². The minimum absolute atomic E-state index is 0.00855. The van der Waals surface area contributed by atoms with Gasteiger partial charge in [0.05, 0.1) is 29.3 Å². The van der Waals surface area contributed by atoms with Crippen molar-refractivity contribution in [3.63, 3.8) is 0 Å². The summed E-state index contributed by atoms with van der Waals surface area (Å²) in [6.07, 6.45) is -3.99. The van der Waals surface area contributed by atoms with Gasteiger partial charge in [0.2, 0.25) is 5.95 Å². The number of hydrogen-bond acceptors (Lipinski definition) is 8. The molecule has 2 unspecified atom stereocenters. The van der Waals surface area contributed by atoms with E-state index in [4.69, 9.17) is 10.6 Å². The van der Waals surface area contributed by atoms with Crippen LogP contribution in [0.1, 0.15) is 43.8 Å². The van der Waals surface area contributed by atoms with Crippen LogP contribution in [-0.4, -0.2) is 56.1 Å². The zero-order valence-electron chi connectivity index (χ0n) is 20.7. The molecule has 1 saturated heterocycles. The van der Waals surface area contributed by atoms with Gasteiger partial charge in [0.25, 0.3) is 5.56 Å². The summed E-state index contributed by atoms with van der Waals surface area (Å²) in [6, 6.07) is 4.74. The number of anilines is 1. The van der Waals surface area contributed by atoms with Crippen molar-refractivity contribution in [1.82, 2.24) is 24.6 Å². The monoisotopic (exact) mass is 505 g/mol. The Labute approximate surface area is 206 Å². The van der Waals surface area contributed by atoms with Crippen molar-refractivity contribution in [2.75, 3.05) is 23.8 Å². The zero-order chi connectivity index (χ0) is 26.6. The van der Waals surface area contributed by atoms with Crippen molar-refractivity contribution in [2.45, 2.75) is 58.9 Å². The van der Waals surface area contributed by atoms with Crippen LogP contribution in [0.5, 0.6) is 0 Å². The number of rotatable bonds is 4. The molecule has 1 fully saturated rings. The molecule has 1 aliphatic rings. The molecule has 0 aromatic carbocycles. The third-order valence-electron chi connectivity index (χ3n) is 5.53. The Morgan fingerprint density at radius 2 is 1.75 bits per heavy atom. The molecule has 1 aliphatic heterocycles. The number of ether oxygens (including phenoxy) is 1. The Morgan fingerprint density at radius 3 is 2.31 bits per heavy atom. The quantitative estimate of drug-likeness (QED) is 0.536. The second-order valence-corrected chi connectivity index (χ2v) is 8.77. The van der Waals surface area contributed by atoms with Gasteiger partial charge in [-0.15, -0.1) is 0 Å². The van der Waals surface area contributed by atoms with Crippen LogP contribution in [0.2, 0.25) is 0 Å². The second kappa shape index (κ2) is 11.0. The van der Waals surface area contributed by atoms with Crippen LogP contribution in [0.4, 0.5) is 19.1 Å². The highest BCUT2D eigenvalue weighted by Gasteiger charge is 2.29. The Balaban J connectivity index is 0.000000383. The Hall–Kier alpha value is -3.54. The highest BCUT2D eigenvalue weighted by Crippen LogP contribution is 2.30. The summed E-state index contributed by atoms with van der Waals surface area (Å²) in [5.74, 6) is 5.54. The molecule has 2 N–H and O–H groups in total. The molecule has 0 radical (unpaired) electrons. The molecule has 0 amide bonds. The molecule has 4 heterocycles. The van der Waals surface area contributed by atoms with Gasteiger partial charge in [0.15, 0.2) is 5.65 Å². The first-order valence-corrected chi connectivity index (χ1v) is 11.4. The molecule has 0 bridgehead atoms. The maximum atomic E-state index is 12.7. The van der Waals surface area contributed by atoms with E-state index < -0.39 is 12.6 Å². The summed E-state index contributed by atoms with van der Waals surface area (Å²) in [5, 5.41) is 0. The van der Waals surface area contributed by atoms with Gasteiger partial charge < -0.3 is 15.5 Å². The topological polar surface area (TPSA) is 112 Å². The zero-order valence-corrected chi connectivity index (χ0v) is 20.7. The Bertz CT molecular complexity index is 1280. The number of morpholine rings is 1. The number of nitrogens with two attached hydrogens (primary N) is 1. The number of halogens is 3. The maximum Gasteiger partial charge on any atom is 0.389 e. The van der Waals surface area contributed by atoms with Crippen LogP contribution < -0.4 is 16.3 Å². The van der Waals surface area contributed by atoms with Crippen molar-refractivity contribution in [3.05, 3.63) is 58.4 Å². The lowest BCUT2D eigenvalue weighted by Crippen LogP contribution is -2.46. The molecule has 0 saturated carbocycles. The number of aromatic nitrogens is 5. The highest BCUT2D eigenvalue weighted by atomic mass is 19.4. The molecule has 3 aromatic rings. The minimum Gasteiger partial charge on any atom is -0.372 e. The van der Waals surface area contributed by atoms with Crippen molar-refractivity contribution < 1.29 is 17.9 Å². The van der Waals surface area contributed by atoms with Crippen LogP contribution >= 0.6 is 0 Å². The van der Waals surface area contributed by atoms with Gasteiger partial charge >= 0.3 is 6.18 Å². The van der Waals surface area contributed by atoms with Crippen LogP contribution in [0.15, 0.2) is 35.8 Å². The maximum absolute atomic E-state index is 12.7. The predicted molar refractivity (Wildman–Crippen MR) is 132 cm³/mol. The van der Waals surface area contributed by atoms with Crippen LogP contribution in [0.3, 0.4) is 0 Å². The van der Waals surface area contributed by atoms with Gasteiger partial charge in [-0.05, 0) is 45.8 Å². The van der Waals surface area contributed by atoms with E-state index in [-0.39, 0.29) is 29.8 Å². The summed E-state index contributed by atoms with van der Waals surface area (Å²) in [7, 11) is 0. The van der Waals surface area contributed by atoms with E-state index in [1.54, 1.807) is 19.1 Å². The summed E-state index contributed by atoms with van der Waals surface area (Å²) in [4.78, 5) is 30.5. The number of nitrogen functional groups attached to an aromatic ring is 1. The number of alkyl halides is 3. The molecule has 12 heteroatoms. The van der Waals surface area contributed by atoms with E-state index in [0.29, 0.717) is 47.3 Å². The normalized spacial score (nSPS) is 18.0. The first kappa shape index (κ1) is 27.1. The van der Waals surface area contributed by atoms with E-state index in [1.807, 2.05) is 25.7 Å². The van der Waals surface area contributed by atoms with E-state index in [2.05, 4.69) is 26.5 Å². The molecular formula is C24H30F3N7O2. The number of nitrogens with zero attached hydrogens (tertiary/aromatic N) is 6. The fraction of sp³-hybridized carbons (Fsp3) is 0.458. The fourth-order valence-electron chi connectivity index (χ4n) is 3.68. The molecule has 0 spiro atoms. The molecular weight excluding hydrogens is 475 g/mol. The molecule has 3 aromatic heterocycles. The molecule has 194 valence electrons. The van der Waals surface area contributed by atoms with Crippen LogP contribution in [-0.2, 0) is 4.74 Å². The number of fused-ring (bicyclic) bond motifs is 1. The van der Waals surface area contributed by atoms with Crippen LogP contribution in [0, 0.1) is 13.8 Å². The van der Waals surface area contributed by atoms with E-state index in [0.717, 1.165) is 4.68 Å². The molecule has 36 heavy (non-hydrogen) atoms. The second-order valence-electron chi connectivity index (χ2n) is 8.77. The average molecular weight is 506 g/mol. The Kier molecular flexibility index (Phi) is 8.28. The third-order valence-corrected chi connectivity index (χ3v) is 5.53. The fourth-order valence-corrected chi connectivity index (χ4v) is 3.68. The minimum atomic E-state index is -4.26. The van der Waals surface area contributed by atoms with Crippen molar-refractivity contribution in [1.29, 1.82) is 0 Å². The van der Waals surface area contributed by atoms with Gasteiger partial charge in [-0.2, -0.15) is 18.2 Å². The Morgan fingerprint density at radius 1 is 1.11 bits per heavy atom. The van der Waals surface area contributed by atoms with Gasteiger partial charge in [0.1, 0.15) is 5.52 Å². The summed E-state index contributed by atoms with van der Waals surface area (Å²) < 4.78 is 44.9. The van der Waals surface area contributed by atoms with Gasteiger partial charge in [-0.25, -0.2) is 19.6 Å². The summed E-state index contributed by atoms with van der Waals surface area (Å²) >= 11 is 0. The predicted octanol–water partition coefficient (Wildman–Crippen LogP) is 3.57. The SMILES string of the molecule is C=C(CCC(F)(F)F)c1nc(N2CC(C)OC(C)C2)nc2nc(C)c(C)nc12.Nn1ccccc1=O. The number of allylic oxidation sites excluding steroid dienone is 1. The largest absolute Gasteiger partial charge is 0.389 e. The average Bonchev–Trinajstić information content (AvgIpc) is 2.79. The van der Waals surface area contributed by atoms with Crippen molar-refractivity contribution in [3.8, 4) is 0 Å². The number of hydrogen-bond donors (Lipinski definition) is 1. The third kappa shape index (κ3) is 7.00. The lowest BCUT2D eigenvalue weighted by Gasteiger charge is -2.35. The molecule has 2 atom stereocenters. The number of pyridine rings is 1. The van der Waals surface area contributed by atoms with E-state index in [9.17, 15) is 18.0 Å². The van der Waals surface area contributed by atoms with Crippen LogP contribution in [0.25, 0.3) is 16.7 Å². The number of aryl methyl sites for hydroxylation is 2. The summed E-state index contributed by atoms with van der Waals surface area (Å²) in [5.41, 5.74) is 2.56. The van der Waals surface area contributed by atoms with Gasteiger partial charge in [-0.1, -0.05) is 12.6 Å². The lowest BCUT2D eigenvalue weighted by atomic mass is 10.1. The molecule has 4 rings (SSSR count). The molecule has 9 nitrogen and oxygen atoms in total. The standard InChI is InChI=1S/C19H24F3N5O.C5H6N2O/c1-10(6-7-19(20,21)22)15-16-17(24-14(5)13(4)23-16)26-18(25-15)27-8-11(2)28-12(3)9-27;6-7-4-2-1-3-5(7)8/h11-12H,1,6-9H2,2-5H3;1-4H,6H2. The van der Waals surface area contributed by atoms with Crippen molar-refractivity contribution in [2.24, 2.45) is 0 Å². The lowest BCUT2D eigenvalue weighted by molar-refractivity contribution is -0.133.